The number of esters is 1. The fraction of sp³-hybridized carbons (Fsp3) is 0.320. The lowest BCUT2D eigenvalue weighted by Gasteiger charge is -2.29. The molecule has 0 aliphatic carbocycles. The van der Waals surface area contributed by atoms with Crippen LogP contribution in [0.2, 0.25) is 0 Å². The molecule has 33 heavy (non-hydrogen) atoms. The Bertz CT molecular complexity index is 1140. The molecule has 2 aromatic carbocycles. The first-order valence-electron chi connectivity index (χ1n) is 11.1. The van der Waals surface area contributed by atoms with Crippen LogP contribution in [0.5, 0.6) is 5.75 Å². The summed E-state index contributed by atoms with van der Waals surface area (Å²) in [6.07, 6.45) is 1.02. The largest absolute Gasteiger partial charge is 0.494 e. The molecular formula is C25H28N4O3S. The molecule has 1 atom stereocenters. The monoisotopic (exact) mass is 464 g/mol. The van der Waals surface area contributed by atoms with Crippen molar-refractivity contribution < 1.29 is 14.3 Å². The van der Waals surface area contributed by atoms with Crippen LogP contribution < -0.4 is 10.1 Å². The molecule has 0 amide bonds. The molecule has 1 aromatic heterocycles. The second kappa shape index (κ2) is 10.6. The first-order chi connectivity index (χ1) is 16.1. The molecule has 3 aromatic rings. The summed E-state index contributed by atoms with van der Waals surface area (Å²) in [5, 5.41) is 8.66. The third-order valence-corrected chi connectivity index (χ3v) is 6.26. The van der Waals surface area contributed by atoms with Crippen LogP contribution in [0.15, 0.2) is 71.0 Å². The number of allylic oxidation sites excluding steroid dienone is 1. The minimum atomic E-state index is -0.518. The summed E-state index contributed by atoms with van der Waals surface area (Å²) >= 11 is 1.60. The van der Waals surface area contributed by atoms with Crippen LogP contribution in [0.1, 0.15) is 44.4 Å². The number of ether oxygens (including phenoxy) is 2. The lowest BCUT2D eigenvalue weighted by Crippen LogP contribution is -2.30. The van der Waals surface area contributed by atoms with Crippen molar-refractivity contribution in [2.45, 2.75) is 45.0 Å². The smallest absolute Gasteiger partial charge is 0.338 e. The summed E-state index contributed by atoms with van der Waals surface area (Å²) < 4.78 is 13.4. The summed E-state index contributed by atoms with van der Waals surface area (Å²) in [6.45, 7) is 6.63. The Labute approximate surface area is 198 Å². The normalized spacial score (nSPS) is 15.1. The molecule has 172 valence electrons. The van der Waals surface area contributed by atoms with Crippen LogP contribution in [0.3, 0.4) is 0 Å². The lowest BCUT2D eigenvalue weighted by molar-refractivity contribution is -0.140. The molecule has 0 saturated heterocycles. The van der Waals surface area contributed by atoms with Crippen molar-refractivity contribution >= 4 is 23.7 Å². The van der Waals surface area contributed by atoms with E-state index in [1.54, 1.807) is 16.4 Å². The van der Waals surface area contributed by atoms with Crippen molar-refractivity contribution in [3.05, 3.63) is 77.0 Å². The van der Waals surface area contributed by atoms with E-state index < -0.39 is 12.0 Å². The number of anilines is 1. The van der Waals surface area contributed by atoms with Gasteiger partial charge in [0.2, 0.25) is 11.1 Å². The average molecular weight is 465 g/mol. The lowest BCUT2D eigenvalue weighted by atomic mass is 9.95. The van der Waals surface area contributed by atoms with Crippen molar-refractivity contribution in [1.82, 2.24) is 14.8 Å². The Morgan fingerprint density at radius 3 is 2.64 bits per heavy atom. The average Bonchev–Trinajstić information content (AvgIpc) is 3.24. The first kappa shape index (κ1) is 22.9. The molecule has 8 heteroatoms. The SMILES string of the molecule is CCCSc1nc2n(n1)C(c1ccccc1OCC)C(C(=O)OCc1ccccc1)=C(C)N2. The zero-order valence-corrected chi connectivity index (χ0v) is 19.9. The number of nitrogens with one attached hydrogen (secondary N) is 1. The Balaban J connectivity index is 1.73. The maximum Gasteiger partial charge on any atom is 0.338 e. The zero-order valence-electron chi connectivity index (χ0n) is 19.1. The Kier molecular flexibility index (Phi) is 7.34. The number of hydrogen-bond donors (Lipinski definition) is 1. The van der Waals surface area contributed by atoms with Crippen molar-refractivity contribution in [2.75, 3.05) is 17.7 Å². The summed E-state index contributed by atoms with van der Waals surface area (Å²) in [4.78, 5) is 18.0. The predicted molar refractivity (Wildman–Crippen MR) is 129 cm³/mol. The molecule has 1 aliphatic heterocycles. The van der Waals surface area contributed by atoms with Gasteiger partial charge in [0.15, 0.2) is 0 Å². The highest BCUT2D eigenvalue weighted by Gasteiger charge is 2.36. The van der Waals surface area contributed by atoms with Gasteiger partial charge in [-0.25, -0.2) is 9.48 Å². The van der Waals surface area contributed by atoms with Gasteiger partial charge in [-0.1, -0.05) is 67.2 Å². The first-order valence-corrected chi connectivity index (χ1v) is 12.1. The maximum atomic E-state index is 13.4. The van der Waals surface area contributed by atoms with E-state index >= 15 is 0 Å². The Hall–Kier alpha value is -3.26. The van der Waals surface area contributed by atoms with Crippen molar-refractivity contribution in [3.8, 4) is 5.75 Å². The van der Waals surface area contributed by atoms with Gasteiger partial charge < -0.3 is 14.8 Å². The van der Waals surface area contributed by atoms with Gasteiger partial charge in [0.25, 0.3) is 0 Å². The number of para-hydroxylation sites is 1. The Morgan fingerprint density at radius 2 is 1.88 bits per heavy atom. The van der Waals surface area contributed by atoms with E-state index in [4.69, 9.17) is 14.6 Å². The molecule has 1 N–H and O–H groups in total. The summed E-state index contributed by atoms with van der Waals surface area (Å²) in [5.74, 6) is 1.82. The Morgan fingerprint density at radius 1 is 1.12 bits per heavy atom. The summed E-state index contributed by atoms with van der Waals surface area (Å²) in [7, 11) is 0. The molecule has 1 aliphatic rings. The van der Waals surface area contributed by atoms with Gasteiger partial charge in [-0.15, -0.1) is 5.10 Å². The zero-order chi connectivity index (χ0) is 23.2. The fourth-order valence-corrected chi connectivity index (χ4v) is 4.42. The number of aromatic nitrogens is 3. The van der Waals surface area contributed by atoms with E-state index in [-0.39, 0.29) is 6.61 Å². The number of carbonyl (C=O) groups excluding carboxylic acids is 1. The second-order valence-electron chi connectivity index (χ2n) is 7.61. The molecule has 1 unspecified atom stereocenters. The third kappa shape index (κ3) is 5.06. The number of fused-ring (bicyclic) bond motifs is 1. The van der Waals surface area contributed by atoms with Crippen LogP contribution in [0.25, 0.3) is 0 Å². The number of hydrogen-bond acceptors (Lipinski definition) is 7. The highest BCUT2D eigenvalue weighted by Crippen LogP contribution is 2.40. The topological polar surface area (TPSA) is 78.3 Å². The van der Waals surface area contributed by atoms with E-state index in [1.165, 1.54) is 0 Å². The van der Waals surface area contributed by atoms with E-state index in [1.807, 2.05) is 68.4 Å². The summed E-state index contributed by atoms with van der Waals surface area (Å²) in [5.41, 5.74) is 2.95. The van der Waals surface area contributed by atoms with E-state index in [9.17, 15) is 4.79 Å². The molecule has 0 saturated carbocycles. The van der Waals surface area contributed by atoms with Crippen molar-refractivity contribution in [1.29, 1.82) is 0 Å². The molecule has 2 heterocycles. The molecular weight excluding hydrogens is 436 g/mol. The highest BCUT2D eigenvalue weighted by molar-refractivity contribution is 7.99. The van der Waals surface area contributed by atoms with E-state index in [0.717, 1.165) is 23.3 Å². The number of nitrogens with zero attached hydrogens (tertiary/aromatic N) is 3. The predicted octanol–water partition coefficient (Wildman–Crippen LogP) is 5.21. The van der Waals surface area contributed by atoms with Gasteiger partial charge in [0, 0.05) is 17.0 Å². The second-order valence-corrected chi connectivity index (χ2v) is 8.67. The molecule has 0 spiro atoms. The van der Waals surface area contributed by atoms with Gasteiger partial charge in [-0.3, -0.25) is 0 Å². The molecule has 0 bridgehead atoms. The molecule has 0 fully saturated rings. The maximum absolute atomic E-state index is 13.4. The summed E-state index contributed by atoms with van der Waals surface area (Å²) in [6, 6.07) is 16.9. The number of carbonyl (C=O) groups is 1. The standard InChI is InChI=1S/C25H28N4O3S/c1-4-15-33-25-27-24-26-17(3)21(23(30)32-16-18-11-7-6-8-12-18)22(29(24)28-25)19-13-9-10-14-20(19)31-5-2/h6-14,22H,4-5,15-16H2,1-3H3,(H,26,27,28). The third-order valence-electron chi connectivity index (χ3n) is 5.21. The fourth-order valence-electron chi connectivity index (χ4n) is 3.73. The minimum absolute atomic E-state index is 0.193. The van der Waals surface area contributed by atoms with E-state index in [0.29, 0.717) is 34.7 Å². The quantitative estimate of drug-likeness (QED) is 0.344. The molecule has 0 radical (unpaired) electrons. The van der Waals surface area contributed by atoms with Gasteiger partial charge in [-0.05, 0) is 31.9 Å². The van der Waals surface area contributed by atoms with E-state index in [2.05, 4.69) is 17.2 Å². The number of benzene rings is 2. The van der Waals surface area contributed by atoms with Gasteiger partial charge in [0.05, 0.1) is 12.2 Å². The number of rotatable bonds is 9. The van der Waals surface area contributed by atoms with Gasteiger partial charge in [0.1, 0.15) is 18.4 Å². The van der Waals surface area contributed by atoms with Gasteiger partial charge in [-0.2, -0.15) is 4.98 Å². The number of thioether (sulfide) groups is 1. The molecule has 4 rings (SSSR count). The van der Waals surface area contributed by atoms with Crippen LogP contribution >= 0.6 is 11.8 Å². The van der Waals surface area contributed by atoms with Crippen LogP contribution in [-0.4, -0.2) is 33.1 Å². The molecule has 7 nitrogen and oxygen atoms in total. The van der Waals surface area contributed by atoms with Crippen molar-refractivity contribution in [2.24, 2.45) is 0 Å². The van der Waals surface area contributed by atoms with Gasteiger partial charge >= 0.3 is 5.97 Å². The van der Waals surface area contributed by atoms with Crippen LogP contribution in [0, 0.1) is 0 Å². The van der Waals surface area contributed by atoms with Crippen molar-refractivity contribution in [3.63, 3.8) is 0 Å². The highest BCUT2D eigenvalue weighted by atomic mass is 32.2. The van der Waals surface area contributed by atoms with Crippen LogP contribution in [-0.2, 0) is 16.1 Å². The minimum Gasteiger partial charge on any atom is -0.494 e. The van der Waals surface area contributed by atoms with Crippen LogP contribution in [0.4, 0.5) is 5.95 Å².